The second kappa shape index (κ2) is 8.20. The lowest BCUT2D eigenvalue weighted by Crippen LogP contribution is -2.23. The number of benzene rings is 1. The van der Waals surface area contributed by atoms with E-state index in [1.54, 1.807) is 18.5 Å². The van der Waals surface area contributed by atoms with Gasteiger partial charge in [-0.2, -0.15) is 0 Å². The van der Waals surface area contributed by atoms with Crippen molar-refractivity contribution >= 4 is 17.4 Å². The van der Waals surface area contributed by atoms with Crippen molar-refractivity contribution in [2.45, 2.75) is 13.3 Å². The Morgan fingerprint density at radius 2 is 1.92 bits per heavy atom. The first-order chi connectivity index (χ1) is 12.6. The normalized spacial score (nSPS) is 10.4. The van der Waals surface area contributed by atoms with E-state index < -0.39 is 0 Å². The molecule has 6 nitrogen and oxygen atoms in total. The largest absolute Gasteiger partial charge is 0.359 e. The first-order valence-corrected chi connectivity index (χ1v) is 8.42. The highest BCUT2D eigenvalue weighted by Gasteiger charge is 2.11. The molecule has 0 aliphatic carbocycles. The Balaban J connectivity index is 1.66. The lowest BCUT2D eigenvalue weighted by atomic mass is 10.2. The standard InChI is InChI=1S/C20H21N5O/c1-15-4-3-5-17(12-15)24-20(26)18-13-19(23-14-22-18)25(2)11-8-16-6-9-21-10-7-16/h3-7,9-10,12-14H,8,11H2,1-2H3,(H,24,26). The Morgan fingerprint density at radius 1 is 1.12 bits per heavy atom. The van der Waals surface area contributed by atoms with Crippen LogP contribution < -0.4 is 10.2 Å². The summed E-state index contributed by atoms with van der Waals surface area (Å²) in [5.41, 5.74) is 3.38. The zero-order valence-corrected chi connectivity index (χ0v) is 14.9. The Hall–Kier alpha value is -3.28. The van der Waals surface area contributed by atoms with Crippen LogP contribution in [0.4, 0.5) is 11.5 Å². The van der Waals surface area contributed by atoms with E-state index in [9.17, 15) is 4.79 Å². The number of carbonyl (C=O) groups is 1. The lowest BCUT2D eigenvalue weighted by Gasteiger charge is -2.18. The van der Waals surface area contributed by atoms with Crippen LogP contribution in [0.25, 0.3) is 0 Å². The molecule has 6 heteroatoms. The fourth-order valence-corrected chi connectivity index (χ4v) is 2.56. The van der Waals surface area contributed by atoms with Crippen LogP contribution in [0.3, 0.4) is 0 Å². The zero-order valence-electron chi connectivity index (χ0n) is 14.9. The molecule has 3 aromatic rings. The molecule has 2 heterocycles. The molecule has 0 saturated heterocycles. The van der Waals surface area contributed by atoms with Crippen LogP contribution in [0.2, 0.25) is 0 Å². The number of rotatable bonds is 6. The summed E-state index contributed by atoms with van der Waals surface area (Å²) >= 11 is 0. The third-order valence-electron chi connectivity index (χ3n) is 4.04. The van der Waals surface area contributed by atoms with E-state index in [0.717, 1.165) is 24.2 Å². The summed E-state index contributed by atoms with van der Waals surface area (Å²) in [6, 6.07) is 13.4. The van der Waals surface area contributed by atoms with Crippen molar-refractivity contribution in [1.29, 1.82) is 0 Å². The monoisotopic (exact) mass is 347 g/mol. The van der Waals surface area contributed by atoms with Crippen molar-refractivity contribution in [3.8, 4) is 0 Å². The summed E-state index contributed by atoms with van der Waals surface area (Å²) in [5.74, 6) is 0.463. The number of amides is 1. The van der Waals surface area contributed by atoms with Gasteiger partial charge in [0.2, 0.25) is 0 Å². The van der Waals surface area contributed by atoms with Crippen LogP contribution >= 0.6 is 0 Å². The Bertz CT molecular complexity index is 882. The van der Waals surface area contributed by atoms with E-state index in [0.29, 0.717) is 11.5 Å². The van der Waals surface area contributed by atoms with Gasteiger partial charge in [0, 0.05) is 37.7 Å². The first-order valence-electron chi connectivity index (χ1n) is 8.42. The van der Waals surface area contributed by atoms with E-state index in [4.69, 9.17) is 0 Å². The maximum atomic E-state index is 12.5. The van der Waals surface area contributed by atoms with Crippen molar-refractivity contribution in [3.05, 3.63) is 78.0 Å². The van der Waals surface area contributed by atoms with Gasteiger partial charge in [-0.3, -0.25) is 9.78 Å². The first kappa shape index (κ1) is 17.5. The van der Waals surface area contributed by atoms with Gasteiger partial charge in [-0.05, 0) is 48.7 Å². The number of carbonyl (C=O) groups excluding carboxylic acids is 1. The second-order valence-corrected chi connectivity index (χ2v) is 6.11. The van der Waals surface area contributed by atoms with Crippen LogP contribution in [0, 0.1) is 6.92 Å². The molecule has 0 saturated carbocycles. The predicted molar refractivity (Wildman–Crippen MR) is 102 cm³/mol. The maximum Gasteiger partial charge on any atom is 0.274 e. The summed E-state index contributed by atoms with van der Waals surface area (Å²) in [4.78, 5) is 26.9. The van der Waals surface area contributed by atoms with Crippen LogP contribution in [0.5, 0.6) is 0 Å². The highest BCUT2D eigenvalue weighted by molar-refractivity contribution is 6.03. The second-order valence-electron chi connectivity index (χ2n) is 6.11. The number of anilines is 2. The topological polar surface area (TPSA) is 71.0 Å². The van der Waals surface area contributed by atoms with Crippen molar-refractivity contribution in [2.75, 3.05) is 23.8 Å². The Kier molecular flexibility index (Phi) is 5.53. The molecule has 3 rings (SSSR count). The minimum Gasteiger partial charge on any atom is -0.359 e. The molecule has 0 atom stereocenters. The molecule has 132 valence electrons. The fourth-order valence-electron chi connectivity index (χ4n) is 2.56. The minimum atomic E-state index is -0.248. The van der Waals surface area contributed by atoms with Crippen molar-refractivity contribution < 1.29 is 4.79 Å². The molecule has 0 unspecified atom stereocenters. The summed E-state index contributed by atoms with van der Waals surface area (Å²) in [5, 5.41) is 2.87. The molecule has 2 aromatic heterocycles. The number of likely N-dealkylation sites (N-methyl/N-ethyl adjacent to an activating group) is 1. The minimum absolute atomic E-state index is 0.248. The summed E-state index contributed by atoms with van der Waals surface area (Å²) < 4.78 is 0. The van der Waals surface area contributed by atoms with Gasteiger partial charge in [0.1, 0.15) is 17.8 Å². The van der Waals surface area contributed by atoms with E-state index >= 15 is 0 Å². The number of hydrogen-bond acceptors (Lipinski definition) is 5. The van der Waals surface area contributed by atoms with E-state index in [2.05, 4.69) is 20.3 Å². The third kappa shape index (κ3) is 4.63. The summed E-state index contributed by atoms with van der Waals surface area (Å²) in [6.45, 7) is 2.76. The number of pyridine rings is 1. The van der Waals surface area contributed by atoms with Gasteiger partial charge >= 0.3 is 0 Å². The number of aromatic nitrogens is 3. The average molecular weight is 347 g/mol. The van der Waals surface area contributed by atoms with Gasteiger partial charge in [-0.15, -0.1) is 0 Å². The quantitative estimate of drug-likeness (QED) is 0.742. The van der Waals surface area contributed by atoms with E-state index in [-0.39, 0.29) is 5.91 Å². The van der Waals surface area contributed by atoms with Gasteiger partial charge in [-0.1, -0.05) is 12.1 Å². The third-order valence-corrected chi connectivity index (χ3v) is 4.04. The molecule has 0 aliphatic heterocycles. The van der Waals surface area contributed by atoms with Gasteiger partial charge in [-0.25, -0.2) is 9.97 Å². The number of aryl methyl sites for hydroxylation is 1. The molecule has 0 fully saturated rings. The SMILES string of the molecule is Cc1cccc(NC(=O)c2cc(N(C)CCc3ccncc3)ncn2)c1. The number of nitrogens with one attached hydrogen (secondary N) is 1. The molecule has 26 heavy (non-hydrogen) atoms. The molecule has 0 radical (unpaired) electrons. The maximum absolute atomic E-state index is 12.5. The van der Waals surface area contributed by atoms with Gasteiger partial charge in [0.05, 0.1) is 0 Å². The molecule has 1 amide bonds. The average Bonchev–Trinajstić information content (AvgIpc) is 2.67. The van der Waals surface area contributed by atoms with Crippen LogP contribution in [-0.4, -0.2) is 34.5 Å². The molecule has 1 N–H and O–H groups in total. The highest BCUT2D eigenvalue weighted by Crippen LogP contribution is 2.14. The molecular formula is C20H21N5O. The summed E-state index contributed by atoms with van der Waals surface area (Å²) in [6.07, 6.45) is 5.86. The smallest absolute Gasteiger partial charge is 0.274 e. The van der Waals surface area contributed by atoms with Crippen LogP contribution in [0.15, 0.2) is 61.2 Å². The Morgan fingerprint density at radius 3 is 2.69 bits per heavy atom. The van der Waals surface area contributed by atoms with Gasteiger partial charge < -0.3 is 10.2 Å². The van der Waals surface area contributed by atoms with Crippen LogP contribution in [-0.2, 0) is 6.42 Å². The van der Waals surface area contributed by atoms with E-state index in [1.165, 1.54) is 11.9 Å². The Labute approximate surface area is 153 Å². The van der Waals surface area contributed by atoms with E-state index in [1.807, 2.05) is 55.3 Å². The van der Waals surface area contributed by atoms with Crippen molar-refractivity contribution in [1.82, 2.24) is 15.0 Å². The highest BCUT2D eigenvalue weighted by atomic mass is 16.1. The number of hydrogen-bond donors (Lipinski definition) is 1. The molecule has 1 aromatic carbocycles. The molecule has 0 aliphatic rings. The van der Waals surface area contributed by atoms with Gasteiger partial charge in [0.25, 0.3) is 5.91 Å². The molecule has 0 spiro atoms. The van der Waals surface area contributed by atoms with Gasteiger partial charge in [0.15, 0.2) is 0 Å². The van der Waals surface area contributed by atoms with Crippen molar-refractivity contribution in [3.63, 3.8) is 0 Å². The predicted octanol–water partition coefficient (Wildman–Crippen LogP) is 3.11. The van der Waals surface area contributed by atoms with Crippen molar-refractivity contribution in [2.24, 2.45) is 0 Å². The molecular weight excluding hydrogens is 326 g/mol. The van der Waals surface area contributed by atoms with Crippen LogP contribution in [0.1, 0.15) is 21.6 Å². The number of nitrogens with zero attached hydrogens (tertiary/aromatic N) is 4. The zero-order chi connectivity index (χ0) is 18.4. The molecule has 0 bridgehead atoms. The summed E-state index contributed by atoms with van der Waals surface area (Å²) in [7, 11) is 1.95. The lowest BCUT2D eigenvalue weighted by molar-refractivity contribution is 0.102. The fraction of sp³-hybridized carbons (Fsp3) is 0.200.